The maximum atomic E-state index is 10.7. The molecule has 0 amide bonds. The maximum Gasteiger partial charge on any atom is 0.325 e. The van der Waals surface area contributed by atoms with Gasteiger partial charge in [-0.25, -0.2) is 0 Å². The monoisotopic (exact) mass is 231 g/mol. The van der Waals surface area contributed by atoms with Crippen molar-refractivity contribution >= 4 is 24.0 Å². The molecule has 0 aliphatic heterocycles. The summed E-state index contributed by atoms with van der Waals surface area (Å²) in [4.78, 5) is 19.3. The first-order chi connectivity index (χ1) is 6.70. The van der Waals surface area contributed by atoms with Crippen LogP contribution in [0.15, 0.2) is 0 Å². The number of hydrogen-bond donors (Lipinski definition) is 1. The fraction of sp³-hybridized carbons (Fsp3) is 0.600. The highest BCUT2D eigenvalue weighted by molar-refractivity contribution is 6.26. The Bertz CT molecular complexity index is 307. The van der Waals surface area contributed by atoms with E-state index in [-0.39, 0.29) is 12.9 Å². The molecule has 0 aromatic carbocycles. The fourth-order valence-corrected chi connectivity index (χ4v) is 0.595. The Balaban J connectivity index is 4.41. The average Bonchev–Trinajstić information content (AvgIpc) is 2.01. The van der Waals surface area contributed by atoms with Crippen molar-refractivity contribution in [2.75, 3.05) is 0 Å². The van der Waals surface area contributed by atoms with Crippen LogP contribution >= 0.6 is 11.6 Å². The highest BCUT2D eigenvalue weighted by Gasteiger charge is 2.34. The Hall–Kier alpha value is -1.05. The van der Waals surface area contributed by atoms with Gasteiger partial charge in [0.15, 0.2) is 5.00 Å². The Morgan fingerprint density at radius 2 is 2.07 bits per heavy atom. The summed E-state index contributed by atoms with van der Waals surface area (Å²) in [6, 6.07) is 0. The second kappa shape index (κ2) is 5.15. The summed E-state index contributed by atoms with van der Waals surface area (Å²) in [5, 5.41) is 0. The van der Waals surface area contributed by atoms with Gasteiger partial charge in [-0.05, 0) is 0 Å². The molecule has 4 nitrogen and oxygen atoms in total. The van der Waals surface area contributed by atoms with E-state index < -0.39 is 16.4 Å². The molecule has 0 heterocycles. The lowest BCUT2D eigenvalue weighted by molar-refractivity contribution is -0.150. The van der Waals surface area contributed by atoms with Gasteiger partial charge in [0.2, 0.25) is 0 Å². The molecule has 0 fully saturated rings. The van der Waals surface area contributed by atoms with Crippen LogP contribution in [-0.2, 0) is 14.3 Å². The van der Waals surface area contributed by atoms with E-state index in [0.717, 1.165) is 0 Å². The summed E-state index contributed by atoms with van der Waals surface area (Å²) >= 11 is 5.96. The standard InChI is InChI=1S/C10H14ClNO3/c1-9(2,3)10(11,12)6-4-5-8(14)15-7-13/h7H,5,12H2,1-3H3. The summed E-state index contributed by atoms with van der Waals surface area (Å²) in [6.07, 6.45) is -0.208. The van der Waals surface area contributed by atoms with Crippen molar-refractivity contribution in [3.63, 3.8) is 0 Å². The van der Waals surface area contributed by atoms with Crippen LogP contribution < -0.4 is 5.73 Å². The third kappa shape index (κ3) is 4.82. The van der Waals surface area contributed by atoms with Crippen molar-refractivity contribution in [1.82, 2.24) is 0 Å². The summed E-state index contributed by atoms with van der Waals surface area (Å²) in [6.45, 7) is 5.55. The van der Waals surface area contributed by atoms with E-state index in [9.17, 15) is 9.59 Å². The van der Waals surface area contributed by atoms with E-state index in [2.05, 4.69) is 16.6 Å². The van der Waals surface area contributed by atoms with Gasteiger partial charge in [-0.1, -0.05) is 44.2 Å². The number of esters is 1. The number of rotatable bonds is 2. The van der Waals surface area contributed by atoms with Crippen molar-refractivity contribution in [1.29, 1.82) is 0 Å². The van der Waals surface area contributed by atoms with Crippen molar-refractivity contribution in [3.8, 4) is 11.8 Å². The average molecular weight is 232 g/mol. The molecule has 1 unspecified atom stereocenters. The van der Waals surface area contributed by atoms with Gasteiger partial charge in [0.1, 0.15) is 6.42 Å². The second-order valence-corrected chi connectivity index (χ2v) is 4.62. The molecular formula is C10H14ClNO3. The van der Waals surface area contributed by atoms with Crippen molar-refractivity contribution in [2.24, 2.45) is 11.1 Å². The van der Waals surface area contributed by atoms with Crippen LogP contribution in [0.25, 0.3) is 0 Å². The molecule has 0 aliphatic rings. The predicted molar refractivity (Wildman–Crippen MR) is 56.8 cm³/mol. The van der Waals surface area contributed by atoms with E-state index in [4.69, 9.17) is 17.3 Å². The number of carbonyl (C=O) groups is 2. The van der Waals surface area contributed by atoms with Crippen molar-refractivity contribution in [2.45, 2.75) is 32.2 Å². The SMILES string of the molecule is CC(C)(C)C(N)(Cl)C#CCC(=O)OC=O. The van der Waals surface area contributed by atoms with Gasteiger partial charge < -0.3 is 10.5 Å². The lowest BCUT2D eigenvalue weighted by Gasteiger charge is -2.30. The van der Waals surface area contributed by atoms with E-state index in [1.54, 1.807) is 0 Å². The first-order valence-electron chi connectivity index (χ1n) is 4.31. The van der Waals surface area contributed by atoms with Crippen LogP contribution in [0.3, 0.4) is 0 Å². The molecule has 0 radical (unpaired) electrons. The molecular weight excluding hydrogens is 218 g/mol. The number of alkyl halides is 1. The summed E-state index contributed by atoms with van der Waals surface area (Å²) < 4.78 is 4.04. The zero-order valence-corrected chi connectivity index (χ0v) is 9.72. The molecule has 0 bridgehead atoms. The first-order valence-corrected chi connectivity index (χ1v) is 4.69. The van der Waals surface area contributed by atoms with Crippen molar-refractivity contribution < 1.29 is 14.3 Å². The van der Waals surface area contributed by atoms with Crippen molar-refractivity contribution in [3.05, 3.63) is 0 Å². The highest BCUT2D eigenvalue weighted by Crippen LogP contribution is 2.30. The van der Waals surface area contributed by atoms with Crippen LogP contribution in [0.4, 0.5) is 0 Å². The number of ether oxygens (including phenoxy) is 1. The summed E-state index contributed by atoms with van der Waals surface area (Å²) in [5.41, 5.74) is 5.30. The van der Waals surface area contributed by atoms with Gasteiger partial charge in [0, 0.05) is 5.41 Å². The zero-order valence-electron chi connectivity index (χ0n) is 8.96. The topological polar surface area (TPSA) is 69.4 Å². The number of halogens is 1. The number of hydrogen-bond acceptors (Lipinski definition) is 4. The zero-order chi connectivity index (χ0) is 12.1. The third-order valence-electron chi connectivity index (χ3n) is 1.77. The Labute approximate surface area is 94.1 Å². The normalized spacial score (nSPS) is 14.5. The quantitative estimate of drug-likeness (QED) is 0.192. The third-order valence-corrected chi connectivity index (χ3v) is 2.44. The summed E-state index contributed by atoms with van der Waals surface area (Å²) in [7, 11) is 0. The Kier molecular flexibility index (Phi) is 4.79. The smallest absolute Gasteiger partial charge is 0.325 e. The van der Waals surface area contributed by atoms with Crippen LogP contribution in [-0.4, -0.2) is 17.4 Å². The fourth-order valence-electron chi connectivity index (χ4n) is 0.528. The minimum Gasteiger partial charge on any atom is -0.395 e. The molecule has 2 N–H and O–H groups in total. The molecule has 0 aromatic rings. The molecule has 0 rings (SSSR count). The van der Waals surface area contributed by atoms with Crippen LogP contribution in [0.1, 0.15) is 27.2 Å². The molecule has 1 atom stereocenters. The highest BCUT2D eigenvalue weighted by atomic mass is 35.5. The largest absolute Gasteiger partial charge is 0.395 e. The predicted octanol–water partition coefficient (Wildman–Crippen LogP) is 1.02. The maximum absolute atomic E-state index is 10.7. The van der Waals surface area contributed by atoms with E-state index in [1.165, 1.54) is 0 Å². The van der Waals surface area contributed by atoms with E-state index in [0.29, 0.717) is 0 Å². The molecule has 0 aromatic heterocycles. The van der Waals surface area contributed by atoms with Gasteiger partial charge in [-0.15, -0.1) is 0 Å². The second-order valence-electron chi connectivity index (χ2n) is 4.03. The lowest BCUT2D eigenvalue weighted by Crippen LogP contribution is -2.44. The van der Waals surface area contributed by atoms with Crippen LogP contribution in [0.5, 0.6) is 0 Å². The van der Waals surface area contributed by atoms with Gasteiger partial charge in [-0.3, -0.25) is 9.59 Å². The van der Waals surface area contributed by atoms with Gasteiger partial charge in [0.25, 0.3) is 0 Å². The minimum atomic E-state index is -1.21. The Morgan fingerprint density at radius 3 is 2.47 bits per heavy atom. The van der Waals surface area contributed by atoms with E-state index >= 15 is 0 Å². The molecule has 15 heavy (non-hydrogen) atoms. The van der Waals surface area contributed by atoms with Gasteiger partial charge in [0.05, 0.1) is 0 Å². The number of nitrogens with two attached hydrogens (primary N) is 1. The minimum absolute atomic E-state index is 0.0597. The van der Waals surface area contributed by atoms with Gasteiger partial charge >= 0.3 is 12.4 Å². The Morgan fingerprint density at radius 1 is 1.53 bits per heavy atom. The first kappa shape index (κ1) is 13.9. The van der Waals surface area contributed by atoms with Crippen LogP contribution in [0.2, 0.25) is 0 Å². The molecule has 5 heteroatoms. The molecule has 0 spiro atoms. The van der Waals surface area contributed by atoms with E-state index in [1.807, 2.05) is 20.8 Å². The molecule has 0 saturated carbocycles. The lowest BCUT2D eigenvalue weighted by atomic mass is 9.87. The molecule has 0 aliphatic carbocycles. The number of carbonyl (C=O) groups excluding carboxylic acids is 2. The molecule has 84 valence electrons. The van der Waals surface area contributed by atoms with Gasteiger partial charge in [-0.2, -0.15) is 0 Å². The molecule has 0 saturated heterocycles. The summed E-state index contributed by atoms with van der Waals surface area (Å²) in [5.74, 6) is 4.32. The van der Waals surface area contributed by atoms with Crippen LogP contribution in [0, 0.1) is 17.3 Å².